The van der Waals surface area contributed by atoms with Crippen molar-refractivity contribution < 1.29 is 10.2 Å². The van der Waals surface area contributed by atoms with Crippen molar-refractivity contribution in [3.05, 3.63) is 77.6 Å². The van der Waals surface area contributed by atoms with Crippen molar-refractivity contribution in [2.45, 2.75) is 51.0 Å². The number of hydrogen-bond acceptors (Lipinski definition) is 4. The summed E-state index contributed by atoms with van der Waals surface area (Å²) >= 11 is 0. The zero-order valence-corrected chi connectivity index (χ0v) is 15.4. The molecule has 1 heterocycles. The third kappa shape index (κ3) is 3.29. The summed E-state index contributed by atoms with van der Waals surface area (Å²) in [6.45, 7) is 4.18. The Balaban J connectivity index is 2.11. The van der Waals surface area contributed by atoms with Gasteiger partial charge in [0.25, 0.3) is 0 Å². The molecule has 0 amide bonds. The minimum absolute atomic E-state index is 0.143. The maximum Gasteiger partial charge on any atom is 0.122 e. The van der Waals surface area contributed by atoms with Crippen molar-refractivity contribution in [2.75, 3.05) is 0 Å². The maximum atomic E-state index is 11.4. The molecule has 1 aliphatic carbocycles. The van der Waals surface area contributed by atoms with E-state index in [1.165, 1.54) is 6.33 Å². The molecule has 0 spiro atoms. The molecule has 1 aliphatic rings. The summed E-state index contributed by atoms with van der Waals surface area (Å²) < 4.78 is 0. The lowest BCUT2D eigenvalue weighted by atomic mass is 9.65. The lowest BCUT2D eigenvalue weighted by Gasteiger charge is -2.41. The minimum Gasteiger partial charge on any atom is -0.508 e. The molecule has 0 fully saturated rings. The van der Waals surface area contributed by atoms with Crippen LogP contribution in [0.15, 0.2) is 66.5 Å². The molecule has 4 nitrogen and oxygen atoms in total. The second-order valence-electron chi connectivity index (χ2n) is 7.02. The van der Waals surface area contributed by atoms with Crippen molar-refractivity contribution >= 4 is 5.57 Å². The molecule has 4 heteroatoms. The number of rotatable bonds is 6. The van der Waals surface area contributed by atoms with E-state index in [0.29, 0.717) is 5.57 Å². The van der Waals surface area contributed by atoms with E-state index in [-0.39, 0.29) is 5.76 Å². The third-order valence-electron chi connectivity index (χ3n) is 5.37. The lowest BCUT2D eigenvalue weighted by Crippen LogP contribution is -2.42. The standard InChI is InChI=1S/C22H26N2O2/c1-3-4-6-11-17-12-19(25)20(16-9-7-5-8-10-16)21(26)22(17,2)18-13-23-15-24-14-18/h5,7-10,12-15,21,25-26H,3-4,6,11H2,1-2H3. The van der Waals surface area contributed by atoms with Gasteiger partial charge in [-0.25, -0.2) is 9.97 Å². The van der Waals surface area contributed by atoms with E-state index < -0.39 is 11.5 Å². The Labute approximate surface area is 155 Å². The topological polar surface area (TPSA) is 66.2 Å². The van der Waals surface area contributed by atoms with Gasteiger partial charge in [0, 0.05) is 28.9 Å². The van der Waals surface area contributed by atoms with E-state index >= 15 is 0 Å². The SMILES string of the molecule is CCCCCC1=CC(O)=C(c2ccccc2)C(O)C1(C)c1cncnc1. The smallest absolute Gasteiger partial charge is 0.122 e. The number of benzene rings is 1. The van der Waals surface area contributed by atoms with Crippen molar-refractivity contribution in [1.82, 2.24) is 9.97 Å². The average Bonchev–Trinajstić information content (AvgIpc) is 2.67. The highest BCUT2D eigenvalue weighted by atomic mass is 16.3. The Morgan fingerprint density at radius 1 is 1.08 bits per heavy atom. The molecule has 2 aromatic rings. The van der Waals surface area contributed by atoms with Gasteiger partial charge in [-0.2, -0.15) is 0 Å². The summed E-state index contributed by atoms with van der Waals surface area (Å²) in [7, 11) is 0. The summed E-state index contributed by atoms with van der Waals surface area (Å²) in [5, 5.41) is 22.1. The molecular formula is C22H26N2O2. The van der Waals surface area contributed by atoms with Crippen molar-refractivity contribution in [3.63, 3.8) is 0 Å². The van der Waals surface area contributed by atoms with Crippen molar-refractivity contribution in [3.8, 4) is 0 Å². The minimum atomic E-state index is -0.877. The maximum absolute atomic E-state index is 11.4. The Hall–Kier alpha value is -2.46. The van der Waals surface area contributed by atoms with E-state index in [0.717, 1.165) is 42.4 Å². The lowest BCUT2D eigenvalue weighted by molar-refractivity contribution is 0.153. The van der Waals surface area contributed by atoms with E-state index in [4.69, 9.17) is 0 Å². The van der Waals surface area contributed by atoms with Gasteiger partial charge in [-0.05, 0) is 31.4 Å². The number of aliphatic hydroxyl groups is 2. The van der Waals surface area contributed by atoms with Gasteiger partial charge in [0.1, 0.15) is 12.1 Å². The summed E-state index contributed by atoms with van der Waals surface area (Å²) in [5.74, 6) is 0.143. The monoisotopic (exact) mass is 350 g/mol. The van der Waals surface area contributed by atoms with Gasteiger partial charge in [0.2, 0.25) is 0 Å². The molecule has 0 saturated carbocycles. The summed E-state index contributed by atoms with van der Waals surface area (Å²) in [4.78, 5) is 8.32. The molecule has 1 aromatic carbocycles. The predicted molar refractivity (Wildman–Crippen MR) is 104 cm³/mol. The number of unbranched alkanes of at least 4 members (excludes halogenated alkanes) is 2. The van der Waals surface area contributed by atoms with Gasteiger partial charge >= 0.3 is 0 Å². The Kier molecular flexibility index (Phi) is 5.52. The Morgan fingerprint density at radius 3 is 2.42 bits per heavy atom. The highest BCUT2D eigenvalue weighted by Gasteiger charge is 2.44. The van der Waals surface area contributed by atoms with Crippen LogP contribution in [-0.4, -0.2) is 26.3 Å². The fourth-order valence-corrected chi connectivity index (χ4v) is 3.73. The van der Waals surface area contributed by atoms with Crippen LogP contribution >= 0.6 is 0 Å². The van der Waals surface area contributed by atoms with Crippen LogP contribution in [0.2, 0.25) is 0 Å². The van der Waals surface area contributed by atoms with Gasteiger partial charge in [-0.3, -0.25) is 0 Å². The van der Waals surface area contributed by atoms with Gasteiger partial charge in [0.15, 0.2) is 0 Å². The second-order valence-corrected chi connectivity index (χ2v) is 7.02. The first kappa shape index (κ1) is 18.3. The molecular weight excluding hydrogens is 324 g/mol. The highest BCUT2D eigenvalue weighted by molar-refractivity contribution is 5.77. The molecule has 2 N–H and O–H groups in total. The summed E-state index contributed by atoms with van der Waals surface area (Å²) in [6, 6.07) is 9.56. The zero-order chi connectivity index (χ0) is 18.6. The fraction of sp³-hybridized carbons (Fsp3) is 0.364. The number of hydrogen-bond donors (Lipinski definition) is 2. The second kappa shape index (κ2) is 7.83. The van der Waals surface area contributed by atoms with Crippen LogP contribution in [0.1, 0.15) is 50.7 Å². The largest absolute Gasteiger partial charge is 0.508 e. The van der Waals surface area contributed by atoms with Crippen molar-refractivity contribution in [2.24, 2.45) is 0 Å². The molecule has 0 radical (unpaired) electrons. The molecule has 3 rings (SSSR count). The van der Waals surface area contributed by atoms with E-state index in [1.54, 1.807) is 12.4 Å². The Bertz CT molecular complexity index is 799. The first-order chi connectivity index (χ1) is 12.6. The van der Waals surface area contributed by atoms with E-state index in [2.05, 4.69) is 16.9 Å². The zero-order valence-electron chi connectivity index (χ0n) is 15.4. The van der Waals surface area contributed by atoms with Crippen LogP contribution in [0, 0.1) is 0 Å². The van der Waals surface area contributed by atoms with Crippen LogP contribution in [0.5, 0.6) is 0 Å². The molecule has 0 bridgehead atoms. The quantitative estimate of drug-likeness (QED) is 0.748. The number of aliphatic hydroxyl groups excluding tert-OH is 2. The first-order valence-corrected chi connectivity index (χ1v) is 9.22. The molecule has 0 aliphatic heterocycles. The Morgan fingerprint density at radius 2 is 1.77 bits per heavy atom. The first-order valence-electron chi connectivity index (χ1n) is 9.22. The van der Waals surface area contributed by atoms with Gasteiger partial charge < -0.3 is 10.2 Å². The van der Waals surface area contributed by atoms with E-state index in [1.807, 2.05) is 43.3 Å². The van der Waals surface area contributed by atoms with Crippen molar-refractivity contribution in [1.29, 1.82) is 0 Å². The third-order valence-corrected chi connectivity index (χ3v) is 5.37. The summed E-state index contributed by atoms with van der Waals surface area (Å²) in [6.07, 6.45) is 10.0. The fourth-order valence-electron chi connectivity index (χ4n) is 3.73. The highest BCUT2D eigenvalue weighted by Crippen LogP contribution is 2.46. The molecule has 1 aromatic heterocycles. The van der Waals surface area contributed by atoms with Crippen LogP contribution in [-0.2, 0) is 5.41 Å². The molecule has 26 heavy (non-hydrogen) atoms. The van der Waals surface area contributed by atoms with Crippen LogP contribution in [0.25, 0.3) is 5.57 Å². The summed E-state index contributed by atoms with van der Waals surface area (Å²) in [5.41, 5.74) is 2.58. The number of nitrogens with zero attached hydrogens (tertiary/aromatic N) is 2. The van der Waals surface area contributed by atoms with Gasteiger partial charge in [-0.15, -0.1) is 0 Å². The van der Waals surface area contributed by atoms with Crippen LogP contribution in [0.3, 0.4) is 0 Å². The predicted octanol–water partition coefficient (Wildman–Crippen LogP) is 4.58. The average molecular weight is 350 g/mol. The molecule has 2 atom stereocenters. The van der Waals surface area contributed by atoms with Gasteiger partial charge in [0.05, 0.1) is 6.10 Å². The number of aromatic nitrogens is 2. The number of allylic oxidation sites excluding steroid dienone is 1. The van der Waals surface area contributed by atoms with Crippen LogP contribution < -0.4 is 0 Å². The van der Waals surface area contributed by atoms with Crippen LogP contribution in [0.4, 0.5) is 0 Å². The molecule has 2 unspecified atom stereocenters. The molecule has 0 saturated heterocycles. The molecule has 136 valence electrons. The van der Waals surface area contributed by atoms with Gasteiger partial charge in [-0.1, -0.05) is 55.7 Å². The normalized spacial score (nSPS) is 23.0. The van der Waals surface area contributed by atoms with E-state index in [9.17, 15) is 10.2 Å².